The van der Waals surface area contributed by atoms with Crippen molar-refractivity contribution in [1.82, 2.24) is 4.90 Å². The summed E-state index contributed by atoms with van der Waals surface area (Å²) in [6, 6.07) is 1.30. The Kier molecular flexibility index (Phi) is 4.26. The van der Waals surface area contributed by atoms with Gasteiger partial charge in [0.25, 0.3) is 0 Å². The number of rotatable bonds is 3. The van der Waals surface area contributed by atoms with Gasteiger partial charge < -0.3 is 10.6 Å². The molecule has 1 heterocycles. The van der Waals surface area contributed by atoms with Crippen LogP contribution in [0.25, 0.3) is 0 Å². The summed E-state index contributed by atoms with van der Waals surface area (Å²) >= 11 is 0. The lowest BCUT2D eigenvalue weighted by atomic mass is 9.88. The Hall–Kier alpha value is -0.0800. The van der Waals surface area contributed by atoms with Crippen LogP contribution in [0.1, 0.15) is 52.4 Å². The molecule has 3 unspecified atom stereocenters. The van der Waals surface area contributed by atoms with E-state index in [9.17, 15) is 0 Å². The van der Waals surface area contributed by atoms with Gasteiger partial charge in [0.15, 0.2) is 0 Å². The van der Waals surface area contributed by atoms with E-state index in [-0.39, 0.29) is 0 Å². The fourth-order valence-corrected chi connectivity index (χ4v) is 3.75. The van der Waals surface area contributed by atoms with Crippen LogP contribution in [0.2, 0.25) is 0 Å². The normalized spacial score (nSPS) is 35.4. The molecule has 0 radical (unpaired) electrons. The summed E-state index contributed by atoms with van der Waals surface area (Å²) in [4.78, 5) is 2.76. The van der Waals surface area contributed by atoms with E-state index in [1.54, 1.807) is 0 Å². The number of nitrogens with two attached hydrogens (primary N) is 1. The second kappa shape index (κ2) is 5.50. The Morgan fingerprint density at radius 3 is 2.44 bits per heavy atom. The fraction of sp³-hybridized carbons (Fsp3) is 1.00. The zero-order valence-electron chi connectivity index (χ0n) is 11.0. The van der Waals surface area contributed by atoms with Crippen LogP contribution < -0.4 is 5.73 Å². The van der Waals surface area contributed by atoms with Gasteiger partial charge >= 0.3 is 0 Å². The molecule has 2 heteroatoms. The molecule has 16 heavy (non-hydrogen) atoms. The van der Waals surface area contributed by atoms with Crippen LogP contribution in [-0.2, 0) is 0 Å². The maximum absolute atomic E-state index is 6.00. The molecule has 0 spiro atoms. The van der Waals surface area contributed by atoms with Gasteiger partial charge in [0, 0.05) is 12.1 Å². The largest absolute Gasteiger partial charge is 0.328 e. The third kappa shape index (κ3) is 2.60. The van der Waals surface area contributed by atoms with Crippen molar-refractivity contribution >= 4 is 0 Å². The molecule has 0 bridgehead atoms. The molecular formula is C14H28N2. The highest BCUT2D eigenvalue weighted by molar-refractivity contribution is 4.88. The van der Waals surface area contributed by atoms with E-state index in [1.165, 1.54) is 51.6 Å². The minimum Gasteiger partial charge on any atom is -0.328 e. The molecule has 2 rings (SSSR count). The third-order valence-corrected chi connectivity index (χ3v) is 4.93. The molecule has 0 aromatic carbocycles. The lowest BCUT2D eigenvalue weighted by Gasteiger charge is -2.39. The van der Waals surface area contributed by atoms with Crippen LogP contribution in [0.4, 0.5) is 0 Å². The van der Waals surface area contributed by atoms with E-state index in [2.05, 4.69) is 18.7 Å². The lowest BCUT2D eigenvalue weighted by Crippen LogP contribution is -2.45. The molecule has 1 saturated carbocycles. The summed E-state index contributed by atoms with van der Waals surface area (Å²) in [6.07, 6.45) is 8.39. The van der Waals surface area contributed by atoms with Crippen molar-refractivity contribution in [1.29, 1.82) is 0 Å². The highest BCUT2D eigenvalue weighted by atomic mass is 15.2. The minimum atomic E-state index is 0.396. The highest BCUT2D eigenvalue weighted by Crippen LogP contribution is 2.34. The molecule has 1 aliphatic heterocycles. The molecule has 94 valence electrons. The first kappa shape index (κ1) is 12.4. The lowest BCUT2D eigenvalue weighted by molar-refractivity contribution is 0.101. The van der Waals surface area contributed by atoms with E-state index in [0.29, 0.717) is 6.04 Å². The van der Waals surface area contributed by atoms with Gasteiger partial charge in [0.2, 0.25) is 0 Å². The van der Waals surface area contributed by atoms with Crippen molar-refractivity contribution in [2.75, 3.05) is 13.1 Å². The molecule has 2 aliphatic rings. The van der Waals surface area contributed by atoms with Crippen LogP contribution in [-0.4, -0.2) is 30.1 Å². The van der Waals surface area contributed by atoms with E-state index >= 15 is 0 Å². The second-order valence-electron chi connectivity index (χ2n) is 5.90. The standard InChI is InChI=1S/C14H28N2/c1-3-12-5-4-6-14(12)16-9-7-13(8-10-16)11(2)15/h11-14H,3-10,15H2,1-2H3. The number of nitrogens with zero attached hydrogens (tertiary/aromatic N) is 1. The zero-order valence-corrected chi connectivity index (χ0v) is 11.0. The molecule has 2 fully saturated rings. The first-order chi connectivity index (χ1) is 7.72. The Bertz CT molecular complexity index is 207. The average Bonchev–Trinajstić information content (AvgIpc) is 2.77. The fourth-order valence-electron chi connectivity index (χ4n) is 3.75. The van der Waals surface area contributed by atoms with Gasteiger partial charge in [-0.1, -0.05) is 19.8 Å². The van der Waals surface area contributed by atoms with Crippen LogP contribution >= 0.6 is 0 Å². The van der Waals surface area contributed by atoms with Gasteiger partial charge in [-0.15, -0.1) is 0 Å². The molecule has 1 aliphatic carbocycles. The first-order valence-corrected chi connectivity index (χ1v) is 7.22. The first-order valence-electron chi connectivity index (χ1n) is 7.22. The van der Waals surface area contributed by atoms with Crippen molar-refractivity contribution < 1.29 is 0 Å². The smallest absolute Gasteiger partial charge is 0.0123 e. The number of likely N-dealkylation sites (tertiary alicyclic amines) is 1. The SMILES string of the molecule is CCC1CCCC1N1CCC(C(C)N)CC1. The van der Waals surface area contributed by atoms with Crippen molar-refractivity contribution in [3.63, 3.8) is 0 Å². The third-order valence-electron chi connectivity index (χ3n) is 4.93. The molecule has 0 aromatic rings. The topological polar surface area (TPSA) is 29.3 Å². The quantitative estimate of drug-likeness (QED) is 0.798. The minimum absolute atomic E-state index is 0.396. The van der Waals surface area contributed by atoms with E-state index in [0.717, 1.165) is 17.9 Å². The summed E-state index contributed by atoms with van der Waals surface area (Å²) in [7, 11) is 0. The van der Waals surface area contributed by atoms with Crippen molar-refractivity contribution in [2.24, 2.45) is 17.6 Å². The average molecular weight is 224 g/mol. The number of hydrogen-bond donors (Lipinski definition) is 1. The summed E-state index contributed by atoms with van der Waals surface area (Å²) in [5.74, 6) is 1.75. The zero-order chi connectivity index (χ0) is 11.5. The Morgan fingerprint density at radius 2 is 1.88 bits per heavy atom. The molecule has 1 saturated heterocycles. The van der Waals surface area contributed by atoms with E-state index in [4.69, 9.17) is 5.73 Å². The van der Waals surface area contributed by atoms with Crippen molar-refractivity contribution in [3.8, 4) is 0 Å². The van der Waals surface area contributed by atoms with Gasteiger partial charge in [-0.3, -0.25) is 0 Å². The maximum atomic E-state index is 6.00. The maximum Gasteiger partial charge on any atom is 0.0123 e. The van der Waals surface area contributed by atoms with Crippen molar-refractivity contribution in [3.05, 3.63) is 0 Å². The molecule has 2 N–H and O–H groups in total. The highest BCUT2D eigenvalue weighted by Gasteiger charge is 2.33. The van der Waals surface area contributed by atoms with E-state index in [1.807, 2.05) is 0 Å². The summed E-state index contributed by atoms with van der Waals surface area (Å²) < 4.78 is 0. The summed E-state index contributed by atoms with van der Waals surface area (Å²) in [6.45, 7) is 7.13. The predicted molar refractivity (Wildman–Crippen MR) is 69.4 cm³/mol. The molecular weight excluding hydrogens is 196 g/mol. The summed E-state index contributed by atoms with van der Waals surface area (Å²) in [5.41, 5.74) is 6.00. The Balaban J connectivity index is 1.84. The predicted octanol–water partition coefficient (Wildman–Crippen LogP) is 2.62. The van der Waals surface area contributed by atoms with E-state index < -0.39 is 0 Å². The summed E-state index contributed by atoms with van der Waals surface area (Å²) in [5, 5.41) is 0. The van der Waals surface area contributed by atoms with Crippen molar-refractivity contribution in [2.45, 2.75) is 64.5 Å². The molecule has 0 amide bonds. The van der Waals surface area contributed by atoms with Crippen LogP contribution in [0.15, 0.2) is 0 Å². The Morgan fingerprint density at radius 1 is 1.19 bits per heavy atom. The number of piperidine rings is 1. The van der Waals surface area contributed by atoms with Gasteiger partial charge in [-0.2, -0.15) is 0 Å². The van der Waals surface area contributed by atoms with Crippen LogP contribution in [0.5, 0.6) is 0 Å². The second-order valence-corrected chi connectivity index (χ2v) is 5.90. The Labute approximate surface area is 101 Å². The van der Waals surface area contributed by atoms with Crippen LogP contribution in [0, 0.1) is 11.8 Å². The monoisotopic (exact) mass is 224 g/mol. The van der Waals surface area contributed by atoms with Gasteiger partial charge in [0.1, 0.15) is 0 Å². The van der Waals surface area contributed by atoms with Crippen LogP contribution in [0.3, 0.4) is 0 Å². The van der Waals surface area contributed by atoms with Gasteiger partial charge in [0.05, 0.1) is 0 Å². The molecule has 3 atom stereocenters. The molecule has 0 aromatic heterocycles. The van der Waals surface area contributed by atoms with Gasteiger partial charge in [-0.25, -0.2) is 0 Å². The van der Waals surface area contributed by atoms with Gasteiger partial charge in [-0.05, 0) is 57.5 Å². The molecule has 2 nitrogen and oxygen atoms in total. The number of hydrogen-bond acceptors (Lipinski definition) is 2.